The maximum Gasteiger partial charge on any atom is 0.410 e. The van der Waals surface area contributed by atoms with Crippen LogP contribution in [0.2, 0.25) is 0 Å². The Morgan fingerprint density at radius 3 is 2.16 bits per heavy atom. The number of carbonyl (C=O) groups is 3. The minimum atomic E-state index is -1.06. The molecule has 1 amide bonds. The molecule has 5 aromatic rings. The molecule has 0 spiro atoms. The molecule has 0 bridgehead atoms. The van der Waals surface area contributed by atoms with Gasteiger partial charge in [0.1, 0.15) is 6.61 Å². The van der Waals surface area contributed by atoms with Crippen LogP contribution >= 0.6 is 0 Å². The second kappa shape index (κ2) is 14.7. The molecule has 7 nitrogen and oxygen atoms in total. The highest BCUT2D eigenvalue weighted by atomic mass is 19.2. The van der Waals surface area contributed by atoms with Gasteiger partial charge in [0, 0.05) is 49.5 Å². The molecule has 1 aliphatic carbocycles. The molecule has 0 fully saturated rings. The molecule has 0 radical (unpaired) electrons. The van der Waals surface area contributed by atoms with Crippen molar-refractivity contribution in [2.45, 2.75) is 51.6 Å². The van der Waals surface area contributed by atoms with E-state index in [0.29, 0.717) is 12.0 Å². The first-order valence-electron chi connectivity index (χ1n) is 16.9. The van der Waals surface area contributed by atoms with Gasteiger partial charge in [-0.15, -0.1) is 0 Å². The van der Waals surface area contributed by atoms with Gasteiger partial charge in [0.05, 0.1) is 12.0 Å². The van der Waals surface area contributed by atoms with Crippen molar-refractivity contribution < 1.29 is 33.0 Å². The molecule has 1 aromatic heterocycles. The molecule has 258 valence electrons. The molecule has 2 atom stereocenters. The van der Waals surface area contributed by atoms with Crippen LogP contribution < -0.4 is 0 Å². The topological polar surface area (TPSA) is 88.8 Å². The number of hydrogen-bond donors (Lipinski definition) is 1. The van der Waals surface area contributed by atoms with E-state index >= 15 is 0 Å². The van der Waals surface area contributed by atoms with E-state index in [-0.39, 0.29) is 43.6 Å². The summed E-state index contributed by atoms with van der Waals surface area (Å²) in [5.74, 6) is -4.34. The van der Waals surface area contributed by atoms with Crippen LogP contribution in [0.1, 0.15) is 54.9 Å². The maximum atomic E-state index is 14.1. The molecular weight excluding hydrogens is 638 g/mol. The largest absolute Gasteiger partial charge is 0.481 e. The first-order chi connectivity index (χ1) is 24.0. The zero-order valence-corrected chi connectivity index (χ0v) is 28.3. The Hall–Kier alpha value is -5.31. The van der Waals surface area contributed by atoms with E-state index < -0.39 is 35.7 Å². The molecule has 9 heteroatoms. The Morgan fingerprint density at radius 2 is 1.52 bits per heavy atom. The van der Waals surface area contributed by atoms with Crippen molar-refractivity contribution in [2.24, 2.45) is 11.8 Å². The standard InChI is InChI=1S/C41H40F2N2O5/c1-25(2)18-27(40(47)48)21-39(46)38(20-28-23-45(37-15-9-8-10-29(28)37)22-26-16-17-35(42)36(43)19-26)44(3)41(49)50-24-34-32-13-6-4-11-30(32)31-12-5-7-14-33(31)34/h4-17,19,23,25,27,34,38H,18,20-22,24H2,1-3H3,(H,47,48)/t27-,38+/m1/s1. The summed E-state index contributed by atoms with van der Waals surface area (Å²) >= 11 is 0. The molecule has 1 aliphatic rings. The van der Waals surface area contributed by atoms with E-state index in [2.05, 4.69) is 12.1 Å². The number of carboxylic acid groups (broad SMARTS) is 1. The van der Waals surface area contributed by atoms with Gasteiger partial charge in [-0.05, 0) is 63.9 Å². The number of halogens is 2. The number of hydrogen-bond acceptors (Lipinski definition) is 4. The van der Waals surface area contributed by atoms with E-state index in [4.69, 9.17) is 4.74 Å². The minimum Gasteiger partial charge on any atom is -0.481 e. The normalized spacial score (nSPS) is 13.6. The third-order valence-corrected chi connectivity index (χ3v) is 9.64. The Bertz CT molecular complexity index is 2010. The lowest BCUT2D eigenvalue weighted by atomic mass is 9.89. The van der Waals surface area contributed by atoms with Gasteiger partial charge in [0.2, 0.25) is 0 Å². The van der Waals surface area contributed by atoms with E-state index in [1.807, 2.05) is 85.3 Å². The number of aromatic nitrogens is 1. The van der Waals surface area contributed by atoms with Gasteiger partial charge in [-0.1, -0.05) is 86.6 Å². The van der Waals surface area contributed by atoms with Crippen molar-refractivity contribution in [3.05, 3.63) is 131 Å². The van der Waals surface area contributed by atoms with Crippen molar-refractivity contribution in [1.82, 2.24) is 9.47 Å². The molecule has 1 heterocycles. The van der Waals surface area contributed by atoms with Crippen LogP contribution in [0.3, 0.4) is 0 Å². The SMILES string of the molecule is CC(C)C[C@H](CC(=O)[C@H](Cc1cn(Cc2ccc(F)c(F)c2)c2ccccc12)N(C)C(=O)OCC1c2ccccc2-c2ccccc21)C(=O)O. The number of aliphatic carboxylic acids is 1. The summed E-state index contributed by atoms with van der Waals surface area (Å²) in [5.41, 5.74) is 6.41. The number of ether oxygens (including phenoxy) is 1. The van der Waals surface area contributed by atoms with Crippen molar-refractivity contribution in [3.8, 4) is 11.1 Å². The number of rotatable bonds is 13. The fraction of sp³-hybridized carbons (Fsp3) is 0.293. The summed E-state index contributed by atoms with van der Waals surface area (Å²) < 4.78 is 35.5. The zero-order valence-electron chi connectivity index (χ0n) is 28.3. The van der Waals surface area contributed by atoms with Crippen molar-refractivity contribution >= 4 is 28.7 Å². The molecule has 0 saturated carbocycles. The Labute approximate surface area is 290 Å². The monoisotopic (exact) mass is 678 g/mol. The molecule has 0 aliphatic heterocycles. The summed E-state index contributed by atoms with van der Waals surface area (Å²) in [6.45, 7) is 4.12. The summed E-state index contributed by atoms with van der Waals surface area (Å²) in [6, 6.07) is 26.3. The number of carboxylic acids is 1. The van der Waals surface area contributed by atoms with Crippen molar-refractivity contribution in [1.29, 1.82) is 0 Å². The predicted molar refractivity (Wildman–Crippen MR) is 188 cm³/mol. The molecule has 1 N–H and O–H groups in total. The van der Waals surface area contributed by atoms with Crippen LogP contribution in [-0.4, -0.2) is 52.1 Å². The van der Waals surface area contributed by atoms with E-state index in [1.54, 1.807) is 0 Å². The fourth-order valence-corrected chi connectivity index (χ4v) is 7.17. The third kappa shape index (κ3) is 7.18. The number of benzene rings is 4. The van der Waals surface area contributed by atoms with Crippen LogP contribution in [-0.2, 0) is 27.3 Å². The van der Waals surface area contributed by atoms with Crippen LogP contribution in [0.25, 0.3) is 22.0 Å². The molecule has 0 unspecified atom stereocenters. The fourth-order valence-electron chi connectivity index (χ4n) is 7.17. The lowest BCUT2D eigenvalue weighted by molar-refractivity contribution is -0.144. The smallest absolute Gasteiger partial charge is 0.410 e. The van der Waals surface area contributed by atoms with Crippen LogP contribution in [0, 0.1) is 23.5 Å². The summed E-state index contributed by atoms with van der Waals surface area (Å²) in [6.07, 6.45) is 1.33. The first-order valence-corrected chi connectivity index (χ1v) is 16.9. The number of nitrogens with zero attached hydrogens (tertiary/aromatic N) is 2. The number of fused-ring (bicyclic) bond motifs is 4. The second-order valence-electron chi connectivity index (χ2n) is 13.5. The van der Waals surface area contributed by atoms with Crippen LogP contribution in [0.15, 0.2) is 97.2 Å². The van der Waals surface area contributed by atoms with Crippen LogP contribution in [0.5, 0.6) is 0 Å². The molecule has 0 saturated heterocycles. The average Bonchev–Trinajstić information content (AvgIpc) is 3.61. The maximum absolute atomic E-state index is 14.1. The highest BCUT2D eigenvalue weighted by Gasteiger charge is 2.34. The van der Waals surface area contributed by atoms with Gasteiger partial charge < -0.3 is 19.3 Å². The molecule has 6 rings (SSSR count). The van der Waals surface area contributed by atoms with Gasteiger partial charge in [-0.2, -0.15) is 0 Å². The van der Waals surface area contributed by atoms with Gasteiger partial charge in [-0.3, -0.25) is 9.59 Å². The molecule has 4 aromatic carbocycles. The van der Waals surface area contributed by atoms with Gasteiger partial charge in [0.15, 0.2) is 17.4 Å². The van der Waals surface area contributed by atoms with Gasteiger partial charge >= 0.3 is 12.1 Å². The number of carbonyl (C=O) groups excluding carboxylic acids is 2. The lowest BCUT2D eigenvalue weighted by Crippen LogP contribution is -2.45. The number of para-hydroxylation sites is 1. The van der Waals surface area contributed by atoms with Gasteiger partial charge in [-0.25, -0.2) is 13.6 Å². The first kappa shape index (κ1) is 34.5. The van der Waals surface area contributed by atoms with Crippen molar-refractivity contribution in [3.63, 3.8) is 0 Å². The highest BCUT2D eigenvalue weighted by molar-refractivity contribution is 5.92. The van der Waals surface area contributed by atoms with Gasteiger partial charge in [0.25, 0.3) is 0 Å². The number of amides is 1. The quantitative estimate of drug-likeness (QED) is 0.135. The van der Waals surface area contributed by atoms with Crippen LogP contribution in [0.4, 0.5) is 13.6 Å². The highest BCUT2D eigenvalue weighted by Crippen LogP contribution is 2.44. The Kier molecular flexibility index (Phi) is 10.1. The number of likely N-dealkylation sites (N-methyl/N-ethyl adjacent to an activating group) is 1. The second-order valence-corrected chi connectivity index (χ2v) is 13.5. The third-order valence-electron chi connectivity index (χ3n) is 9.64. The molecular formula is C41H40F2N2O5. The summed E-state index contributed by atoms with van der Waals surface area (Å²) in [7, 11) is 1.51. The van der Waals surface area contributed by atoms with E-state index in [9.17, 15) is 28.3 Å². The summed E-state index contributed by atoms with van der Waals surface area (Å²) in [4.78, 5) is 41.3. The number of Topliss-reactive ketones (excluding diaryl/α,β-unsaturated/α-hetero) is 1. The average molecular weight is 679 g/mol. The Morgan fingerprint density at radius 1 is 0.880 bits per heavy atom. The minimum absolute atomic E-state index is 0.0523. The Balaban J connectivity index is 1.28. The van der Waals surface area contributed by atoms with E-state index in [0.717, 1.165) is 50.9 Å². The molecule has 50 heavy (non-hydrogen) atoms. The zero-order chi connectivity index (χ0) is 35.5. The summed E-state index contributed by atoms with van der Waals surface area (Å²) in [5, 5.41) is 10.8. The number of ketones is 1. The lowest BCUT2D eigenvalue weighted by Gasteiger charge is -2.28. The predicted octanol–water partition coefficient (Wildman–Crippen LogP) is 8.47. The van der Waals surface area contributed by atoms with E-state index in [1.165, 1.54) is 18.0 Å². The van der Waals surface area contributed by atoms with Crippen molar-refractivity contribution in [2.75, 3.05) is 13.7 Å².